The molecular weight excluding hydrogens is 438 g/mol. The van der Waals surface area contributed by atoms with Crippen LogP contribution in [0, 0.1) is 19.8 Å². The first-order chi connectivity index (χ1) is 14.7. The number of nitrogens with zero attached hydrogens (tertiary/aromatic N) is 4. The fourth-order valence-electron chi connectivity index (χ4n) is 3.56. The zero-order valence-corrected chi connectivity index (χ0v) is 19.1. The summed E-state index contributed by atoms with van der Waals surface area (Å²) < 4.78 is 32.8. The molecule has 11 heteroatoms. The lowest BCUT2D eigenvalue weighted by Crippen LogP contribution is -2.39. The van der Waals surface area contributed by atoms with Crippen LogP contribution in [0.3, 0.4) is 0 Å². The Labute approximate surface area is 184 Å². The van der Waals surface area contributed by atoms with Crippen LogP contribution in [-0.4, -0.2) is 46.9 Å². The largest absolute Gasteiger partial charge is 0.402 e. The molecule has 3 heterocycles. The zero-order chi connectivity index (χ0) is 22.2. The highest BCUT2D eigenvalue weighted by atomic mass is 32.2. The molecule has 1 atom stereocenters. The molecule has 1 saturated heterocycles. The van der Waals surface area contributed by atoms with Gasteiger partial charge in [0.25, 0.3) is 11.8 Å². The number of anilines is 1. The van der Waals surface area contributed by atoms with Crippen molar-refractivity contribution < 1.29 is 17.6 Å². The predicted molar refractivity (Wildman–Crippen MR) is 116 cm³/mol. The second kappa shape index (κ2) is 8.48. The van der Waals surface area contributed by atoms with E-state index in [-0.39, 0.29) is 22.4 Å². The van der Waals surface area contributed by atoms with E-state index in [9.17, 15) is 13.2 Å². The van der Waals surface area contributed by atoms with Gasteiger partial charge in [0.2, 0.25) is 10.0 Å². The molecule has 1 aromatic carbocycles. The second-order valence-corrected chi connectivity index (χ2v) is 10.8. The van der Waals surface area contributed by atoms with Crippen molar-refractivity contribution in [3.8, 4) is 10.8 Å². The highest BCUT2D eigenvalue weighted by molar-refractivity contribution is 7.89. The third kappa shape index (κ3) is 4.53. The lowest BCUT2D eigenvalue weighted by molar-refractivity contribution is 0.102. The van der Waals surface area contributed by atoms with Crippen LogP contribution in [0.4, 0.5) is 6.01 Å². The van der Waals surface area contributed by atoms with Gasteiger partial charge in [-0.2, -0.15) is 4.31 Å². The summed E-state index contributed by atoms with van der Waals surface area (Å²) in [6.45, 7) is 6.82. The lowest BCUT2D eigenvalue weighted by Gasteiger charge is -2.30. The Morgan fingerprint density at radius 1 is 1.23 bits per heavy atom. The van der Waals surface area contributed by atoms with E-state index in [0.29, 0.717) is 19.0 Å². The van der Waals surface area contributed by atoms with Crippen molar-refractivity contribution in [1.82, 2.24) is 19.5 Å². The number of sulfonamides is 1. The van der Waals surface area contributed by atoms with Crippen molar-refractivity contribution >= 4 is 33.3 Å². The number of aromatic nitrogens is 3. The highest BCUT2D eigenvalue weighted by Crippen LogP contribution is 2.29. The van der Waals surface area contributed by atoms with Gasteiger partial charge in [0, 0.05) is 18.7 Å². The minimum atomic E-state index is -3.57. The molecule has 1 aliphatic rings. The number of hydrogen-bond acceptors (Lipinski definition) is 8. The van der Waals surface area contributed by atoms with E-state index < -0.39 is 15.9 Å². The van der Waals surface area contributed by atoms with Crippen LogP contribution in [-0.2, 0) is 10.0 Å². The van der Waals surface area contributed by atoms with Crippen LogP contribution in [0.5, 0.6) is 0 Å². The molecule has 164 valence electrons. The number of benzene rings is 1. The Kier molecular flexibility index (Phi) is 5.91. The average molecular weight is 462 g/mol. The molecule has 0 bridgehead atoms. The third-order valence-electron chi connectivity index (χ3n) is 5.12. The molecular formula is C20H23N5O4S2. The molecule has 31 heavy (non-hydrogen) atoms. The first-order valence-corrected chi connectivity index (χ1v) is 12.2. The van der Waals surface area contributed by atoms with Gasteiger partial charge >= 0.3 is 6.01 Å². The maximum atomic E-state index is 12.9. The van der Waals surface area contributed by atoms with E-state index in [2.05, 4.69) is 27.4 Å². The number of thiazole rings is 1. The molecule has 1 fully saturated rings. The van der Waals surface area contributed by atoms with E-state index in [0.717, 1.165) is 28.4 Å². The Morgan fingerprint density at radius 3 is 2.61 bits per heavy atom. The predicted octanol–water partition coefficient (Wildman–Crippen LogP) is 3.48. The van der Waals surface area contributed by atoms with Crippen molar-refractivity contribution in [2.45, 2.75) is 38.5 Å². The first kappa shape index (κ1) is 21.6. The summed E-state index contributed by atoms with van der Waals surface area (Å²) in [5, 5.41) is 11.3. The van der Waals surface area contributed by atoms with E-state index in [1.807, 2.05) is 13.8 Å². The van der Waals surface area contributed by atoms with Gasteiger partial charge in [-0.05, 0) is 56.9 Å². The van der Waals surface area contributed by atoms with Crippen LogP contribution in [0.1, 0.15) is 40.8 Å². The van der Waals surface area contributed by atoms with Crippen LogP contribution in [0.15, 0.2) is 33.6 Å². The fourth-order valence-corrected chi connectivity index (χ4v) is 6.00. The summed E-state index contributed by atoms with van der Waals surface area (Å²) in [6, 6.07) is 5.82. The van der Waals surface area contributed by atoms with E-state index in [4.69, 9.17) is 4.42 Å². The third-order valence-corrected chi connectivity index (χ3v) is 8.06. The monoisotopic (exact) mass is 461 g/mol. The van der Waals surface area contributed by atoms with Gasteiger partial charge < -0.3 is 4.42 Å². The Hall–Kier alpha value is -2.63. The summed E-state index contributed by atoms with van der Waals surface area (Å²) in [4.78, 5) is 17.8. The number of carbonyl (C=O) groups excluding carboxylic acids is 1. The number of hydrogen-bond donors (Lipinski definition) is 1. The topological polar surface area (TPSA) is 118 Å². The summed E-state index contributed by atoms with van der Waals surface area (Å²) in [7, 11) is -3.57. The number of amides is 1. The van der Waals surface area contributed by atoms with E-state index in [1.165, 1.54) is 39.9 Å². The SMILES string of the molecule is Cc1nc(C)c(-c2nnc(NC(=O)c3ccc(S(=O)(=O)N4CCCC(C)C4)cc3)o2)s1. The van der Waals surface area contributed by atoms with Crippen molar-refractivity contribution in [2.24, 2.45) is 5.92 Å². The summed E-state index contributed by atoms with van der Waals surface area (Å²) in [5.74, 6) is 0.157. The molecule has 1 aliphatic heterocycles. The Balaban J connectivity index is 1.46. The van der Waals surface area contributed by atoms with Crippen molar-refractivity contribution in [2.75, 3.05) is 18.4 Å². The molecule has 1 unspecified atom stereocenters. The number of nitrogens with one attached hydrogen (secondary N) is 1. The molecule has 0 aliphatic carbocycles. The smallest absolute Gasteiger partial charge is 0.322 e. The van der Waals surface area contributed by atoms with E-state index in [1.54, 1.807) is 0 Å². The van der Waals surface area contributed by atoms with Crippen molar-refractivity contribution in [3.63, 3.8) is 0 Å². The number of carbonyl (C=O) groups is 1. The maximum absolute atomic E-state index is 12.9. The van der Waals surface area contributed by atoms with Gasteiger partial charge in [-0.3, -0.25) is 10.1 Å². The highest BCUT2D eigenvalue weighted by Gasteiger charge is 2.28. The molecule has 0 radical (unpaired) electrons. The van der Waals surface area contributed by atoms with Gasteiger partial charge in [-0.15, -0.1) is 16.4 Å². The molecule has 2 aromatic heterocycles. The molecule has 0 spiro atoms. The number of rotatable bonds is 5. The first-order valence-electron chi connectivity index (χ1n) is 9.93. The second-order valence-electron chi connectivity index (χ2n) is 7.65. The quantitative estimate of drug-likeness (QED) is 0.618. The average Bonchev–Trinajstić information content (AvgIpc) is 3.33. The molecule has 1 N–H and O–H groups in total. The Morgan fingerprint density at radius 2 is 1.97 bits per heavy atom. The minimum absolute atomic E-state index is 0.0375. The molecule has 0 saturated carbocycles. The molecule has 3 aromatic rings. The van der Waals surface area contributed by atoms with Gasteiger partial charge in [0.05, 0.1) is 15.6 Å². The van der Waals surface area contributed by atoms with Crippen LogP contribution in [0.25, 0.3) is 10.8 Å². The van der Waals surface area contributed by atoms with Crippen molar-refractivity contribution in [3.05, 3.63) is 40.5 Å². The number of aryl methyl sites for hydroxylation is 2. The standard InChI is InChI=1S/C20H23N5O4S2/c1-12-5-4-10-25(11-12)31(27,28)16-8-6-15(7-9-16)18(26)22-20-24-23-19(29-20)17-13(2)21-14(3)30-17/h6-9,12H,4-5,10-11H2,1-3H3,(H,22,24,26). The molecule has 4 rings (SSSR count). The van der Waals surface area contributed by atoms with Gasteiger partial charge in [-0.1, -0.05) is 12.0 Å². The minimum Gasteiger partial charge on any atom is -0.402 e. The van der Waals surface area contributed by atoms with Crippen LogP contribution < -0.4 is 5.32 Å². The lowest BCUT2D eigenvalue weighted by atomic mass is 10.0. The summed E-state index contributed by atoms with van der Waals surface area (Å²) >= 11 is 1.43. The Bertz CT molecular complexity index is 1200. The fraction of sp³-hybridized carbons (Fsp3) is 0.400. The van der Waals surface area contributed by atoms with Crippen LogP contribution >= 0.6 is 11.3 Å². The normalized spacial score (nSPS) is 17.6. The molecule has 9 nitrogen and oxygen atoms in total. The summed E-state index contributed by atoms with van der Waals surface area (Å²) in [6.07, 6.45) is 1.89. The van der Waals surface area contributed by atoms with Gasteiger partial charge in [-0.25, -0.2) is 13.4 Å². The number of piperidine rings is 1. The zero-order valence-electron chi connectivity index (χ0n) is 17.5. The van der Waals surface area contributed by atoms with E-state index >= 15 is 0 Å². The molecule has 1 amide bonds. The van der Waals surface area contributed by atoms with Gasteiger partial charge in [0.1, 0.15) is 4.88 Å². The van der Waals surface area contributed by atoms with Crippen LogP contribution in [0.2, 0.25) is 0 Å². The van der Waals surface area contributed by atoms with Crippen molar-refractivity contribution in [1.29, 1.82) is 0 Å². The summed E-state index contributed by atoms with van der Waals surface area (Å²) in [5.41, 5.74) is 1.07. The maximum Gasteiger partial charge on any atom is 0.322 e. The van der Waals surface area contributed by atoms with Gasteiger partial charge in [0.15, 0.2) is 0 Å².